The summed E-state index contributed by atoms with van der Waals surface area (Å²) < 4.78 is 37.8. The van der Waals surface area contributed by atoms with Gasteiger partial charge in [0.2, 0.25) is 0 Å². The first kappa shape index (κ1) is 14.5. The highest BCUT2D eigenvalue weighted by atomic mass is 32.2. The SMILES string of the molecule is CC(C)COc1ccc(S(=O)(=O)[O-])c(C(=O)[O-])c1. The molecule has 1 rings (SSSR count). The van der Waals surface area contributed by atoms with Crippen LogP contribution in [-0.4, -0.2) is 25.5 Å². The molecule has 0 unspecified atom stereocenters. The van der Waals surface area contributed by atoms with Crippen LogP contribution in [0.2, 0.25) is 0 Å². The van der Waals surface area contributed by atoms with Gasteiger partial charge in [-0.05, 0) is 24.1 Å². The second-order valence-corrected chi connectivity index (χ2v) is 5.45. The Balaban J connectivity index is 3.16. The number of carboxylic acid groups (broad SMARTS) is 1. The van der Waals surface area contributed by atoms with Crippen molar-refractivity contribution >= 4 is 16.1 Å². The third-order valence-electron chi connectivity index (χ3n) is 2.02. The van der Waals surface area contributed by atoms with E-state index in [1.165, 1.54) is 6.07 Å². The number of hydrogen-bond acceptors (Lipinski definition) is 6. The van der Waals surface area contributed by atoms with Crippen molar-refractivity contribution in [2.75, 3.05) is 6.61 Å². The normalized spacial score (nSPS) is 11.6. The Morgan fingerprint density at radius 2 is 2.00 bits per heavy atom. The molecule has 0 aliphatic heterocycles. The fraction of sp³-hybridized carbons (Fsp3) is 0.364. The molecule has 0 amide bonds. The predicted molar refractivity (Wildman–Crippen MR) is 59.1 cm³/mol. The van der Waals surface area contributed by atoms with Crippen LogP contribution in [-0.2, 0) is 10.1 Å². The number of carboxylic acids is 1. The molecule has 0 N–H and O–H groups in total. The summed E-state index contributed by atoms with van der Waals surface area (Å²) in [6, 6.07) is 3.12. The molecule has 0 heterocycles. The van der Waals surface area contributed by atoms with E-state index in [0.717, 1.165) is 12.1 Å². The summed E-state index contributed by atoms with van der Waals surface area (Å²) in [6.07, 6.45) is 0. The van der Waals surface area contributed by atoms with Gasteiger partial charge in [0.15, 0.2) is 0 Å². The van der Waals surface area contributed by atoms with Gasteiger partial charge < -0.3 is 19.2 Å². The molecule has 0 radical (unpaired) electrons. The minimum Gasteiger partial charge on any atom is -0.744 e. The van der Waals surface area contributed by atoms with Crippen LogP contribution in [0.15, 0.2) is 23.1 Å². The molecule has 0 bridgehead atoms. The molecule has 0 aliphatic carbocycles. The number of ether oxygens (including phenoxy) is 1. The second-order valence-electron chi connectivity index (χ2n) is 4.10. The van der Waals surface area contributed by atoms with E-state index in [1.54, 1.807) is 0 Å². The number of aromatic carboxylic acids is 1. The molecule has 0 saturated heterocycles. The zero-order valence-electron chi connectivity index (χ0n) is 9.87. The van der Waals surface area contributed by atoms with Crippen LogP contribution >= 0.6 is 0 Å². The van der Waals surface area contributed by atoms with E-state index in [1.807, 2.05) is 13.8 Å². The van der Waals surface area contributed by atoms with Gasteiger partial charge in [-0.3, -0.25) is 0 Å². The highest BCUT2D eigenvalue weighted by molar-refractivity contribution is 7.85. The highest BCUT2D eigenvalue weighted by Gasteiger charge is 2.11. The molecule has 18 heavy (non-hydrogen) atoms. The number of carbonyl (C=O) groups is 1. The molecule has 0 aliphatic rings. The fourth-order valence-electron chi connectivity index (χ4n) is 1.24. The van der Waals surface area contributed by atoms with Crippen molar-refractivity contribution in [2.24, 2.45) is 5.92 Å². The maximum absolute atomic E-state index is 10.8. The van der Waals surface area contributed by atoms with E-state index in [9.17, 15) is 22.9 Å². The lowest BCUT2D eigenvalue weighted by Crippen LogP contribution is -2.25. The third kappa shape index (κ3) is 3.71. The van der Waals surface area contributed by atoms with Crippen molar-refractivity contribution in [1.82, 2.24) is 0 Å². The van der Waals surface area contributed by atoms with Gasteiger partial charge in [-0.15, -0.1) is 0 Å². The van der Waals surface area contributed by atoms with Gasteiger partial charge in [0.1, 0.15) is 15.9 Å². The minimum absolute atomic E-state index is 0.176. The van der Waals surface area contributed by atoms with E-state index in [-0.39, 0.29) is 11.7 Å². The third-order valence-corrected chi connectivity index (χ3v) is 2.92. The molecule has 100 valence electrons. The first-order valence-corrected chi connectivity index (χ1v) is 6.56. The molecule has 7 heteroatoms. The monoisotopic (exact) mass is 272 g/mol. The first-order valence-electron chi connectivity index (χ1n) is 5.16. The van der Waals surface area contributed by atoms with Crippen molar-refractivity contribution in [2.45, 2.75) is 18.7 Å². The van der Waals surface area contributed by atoms with Crippen molar-refractivity contribution in [3.8, 4) is 5.75 Å². The second kappa shape index (κ2) is 5.36. The number of benzene rings is 1. The van der Waals surface area contributed by atoms with Gasteiger partial charge in [0.25, 0.3) is 0 Å². The fourth-order valence-corrected chi connectivity index (χ4v) is 1.89. The van der Waals surface area contributed by atoms with Gasteiger partial charge in [-0.25, -0.2) is 8.42 Å². The largest absolute Gasteiger partial charge is 0.744 e. The van der Waals surface area contributed by atoms with E-state index in [2.05, 4.69) is 0 Å². The van der Waals surface area contributed by atoms with Gasteiger partial charge in [-0.2, -0.15) is 0 Å². The highest BCUT2D eigenvalue weighted by Crippen LogP contribution is 2.21. The number of carbonyl (C=O) groups excluding carboxylic acids is 1. The Hall–Kier alpha value is -1.60. The van der Waals surface area contributed by atoms with E-state index in [0.29, 0.717) is 6.61 Å². The van der Waals surface area contributed by atoms with E-state index < -0.39 is 26.5 Å². The first-order chi connectivity index (χ1) is 8.21. The van der Waals surface area contributed by atoms with E-state index >= 15 is 0 Å². The van der Waals surface area contributed by atoms with Gasteiger partial charge >= 0.3 is 0 Å². The molecule has 1 aromatic carbocycles. The standard InChI is InChI=1S/C11H14O6S/c1-7(2)6-17-8-3-4-10(18(14,15)16)9(5-8)11(12)13/h3-5,7H,6H2,1-2H3,(H,12,13)(H,14,15,16)/p-2. The Morgan fingerprint density at radius 1 is 1.39 bits per heavy atom. The maximum atomic E-state index is 10.8. The minimum atomic E-state index is -4.85. The average molecular weight is 272 g/mol. The van der Waals surface area contributed by atoms with Gasteiger partial charge in [-0.1, -0.05) is 13.8 Å². The zero-order valence-corrected chi connectivity index (χ0v) is 10.7. The summed E-state index contributed by atoms with van der Waals surface area (Å²) >= 11 is 0. The van der Waals surface area contributed by atoms with Crippen LogP contribution in [0.5, 0.6) is 5.75 Å². The molecule has 0 saturated carbocycles. The Bertz CT molecular complexity index is 547. The zero-order chi connectivity index (χ0) is 13.9. The summed E-state index contributed by atoms with van der Waals surface area (Å²) in [5, 5.41) is 10.8. The maximum Gasteiger partial charge on any atom is 0.125 e. The van der Waals surface area contributed by atoms with Crippen molar-refractivity contribution in [3.05, 3.63) is 23.8 Å². The molecule has 0 fully saturated rings. The van der Waals surface area contributed by atoms with Crippen molar-refractivity contribution in [3.63, 3.8) is 0 Å². The summed E-state index contributed by atoms with van der Waals surface area (Å²) in [4.78, 5) is 9.97. The van der Waals surface area contributed by atoms with Crippen LogP contribution in [0.25, 0.3) is 0 Å². The van der Waals surface area contributed by atoms with Crippen molar-refractivity contribution in [1.29, 1.82) is 0 Å². The van der Waals surface area contributed by atoms with Crippen LogP contribution in [0, 0.1) is 5.92 Å². The van der Waals surface area contributed by atoms with Crippen LogP contribution in [0.4, 0.5) is 0 Å². The number of hydrogen-bond donors (Lipinski definition) is 0. The van der Waals surface area contributed by atoms with E-state index in [4.69, 9.17) is 4.74 Å². The van der Waals surface area contributed by atoms with Gasteiger partial charge in [0, 0.05) is 5.56 Å². The lowest BCUT2D eigenvalue weighted by atomic mass is 10.2. The quantitative estimate of drug-likeness (QED) is 0.698. The average Bonchev–Trinajstić information content (AvgIpc) is 2.24. The van der Waals surface area contributed by atoms with Gasteiger partial charge in [0.05, 0.1) is 17.5 Å². The predicted octanol–water partition coefficient (Wildman–Crippen LogP) is -0.0110. The summed E-state index contributed by atoms with van der Waals surface area (Å²) in [5.74, 6) is -1.34. The smallest absolute Gasteiger partial charge is 0.125 e. The molecule has 0 aromatic heterocycles. The Morgan fingerprint density at radius 3 is 2.44 bits per heavy atom. The van der Waals surface area contributed by atoms with Crippen molar-refractivity contribution < 1.29 is 27.6 Å². The summed E-state index contributed by atoms with van der Waals surface area (Å²) in [5.41, 5.74) is -0.689. The molecule has 1 aromatic rings. The Kier molecular flexibility index (Phi) is 4.31. The van der Waals surface area contributed by atoms with Crippen LogP contribution in [0.3, 0.4) is 0 Å². The summed E-state index contributed by atoms with van der Waals surface area (Å²) in [7, 11) is -4.85. The molecule has 6 nitrogen and oxygen atoms in total. The molecular formula is C11H12O6S-2. The Labute approximate surface area is 105 Å². The lowest BCUT2D eigenvalue weighted by Gasteiger charge is -2.16. The topological polar surface area (TPSA) is 107 Å². The molecule has 0 spiro atoms. The molecular weight excluding hydrogens is 260 g/mol. The van der Waals surface area contributed by atoms with Crippen LogP contribution in [0.1, 0.15) is 24.2 Å². The summed E-state index contributed by atoms with van der Waals surface area (Å²) in [6.45, 7) is 4.14. The number of rotatable bonds is 5. The lowest BCUT2D eigenvalue weighted by molar-refractivity contribution is -0.255. The molecule has 0 atom stereocenters. The van der Waals surface area contributed by atoms with Crippen LogP contribution < -0.4 is 9.84 Å².